The molecule has 6 nitrogen and oxygen atoms in total. The first-order chi connectivity index (χ1) is 11.3. The number of nitrogens with zero attached hydrogens (tertiary/aromatic N) is 6. The Bertz CT molecular complexity index is 947. The van der Waals surface area contributed by atoms with Crippen molar-refractivity contribution < 1.29 is 0 Å². The number of tetrazole rings is 1. The van der Waals surface area contributed by atoms with Crippen LogP contribution in [0.5, 0.6) is 0 Å². The molecule has 8 heteroatoms. The van der Waals surface area contributed by atoms with E-state index in [1.54, 1.807) is 22.3 Å². The lowest BCUT2D eigenvalue weighted by molar-refractivity contribution is 0.602. The molecule has 0 fully saturated rings. The van der Waals surface area contributed by atoms with E-state index >= 15 is 0 Å². The average Bonchev–Trinajstić information content (AvgIpc) is 3.15. The SMILES string of the molecule is Cc1cc2c(Sc3nnnn3Cc3ccccc3)ncnc2s1. The van der Waals surface area contributed by atoms with Crippen LogP contribution in [-0.4, -0.2) is 30.2 Å². The predicted molar refractivity (Wildman–Crippen MR) is 89.6 cm³/mol. The van der Waals surface area contributed by atoms with Crippen LogP contribution in [0.25, 0.3) is 10.2 Å². The minimum absolute atomic E-state index is 0.632. The maximum absolute atomic E-state index is 4.39. The number of rotatable bonds is 4. The Morgan fingerprint density at radius 3 is 2.91 bits per heavy atom. The highest BCUT2D eigenvalue weighted by atomic mass is 32.2. The van der Waals surface area contributed by atoms with Gasteiger partial charge < -0.3 is 0 Å². The Morgan fingerprint density at radius 2 is 2.04 bits per heavy atom. The second kappa shape index (κ2) is 6.05. The third-order valence-corrected chi connectivity index (χ3v) is 5.23. The van der Waals surface area contributed by atoms with Gasteiger partial charge in [0.25, 0.3) is 0 Å². The van der Waals surface area contributed by atoms with Crippen molar-refractivity contribution in [2.45, 2.75) is 23.7 Å². The number of aryl methyl sites for hydroxylation is 1. The highest BCUT2D eigenvalue weighted by Crippen LogP contribution is 2.33. The molecular formula is C15H12N6S2. The molecule has 114 valence electrons. The number of hydrogen-bond acceptors (Lipinski definition) is 7. The fourth-order valence-electron chi connectivity index (χ4n) is 2.25. The maximum Gasteiger partial charge on any atom is 0.215 e. The molecule has 0 amide bonds. The summed E-state index contributed by atoms with van der Waals surface area (Å²) < 4.78 is 1.78. The van der Waals surface area contributed by atoms with Gasteiger partial charge in [-0.2, -0.15) is 0 Å². The summed E-state index contributed by atoms with van der Waals surface area (Å²) in [5, 5.41) is 14.7. The fourth-order valence-corrected chi connectivity index (χ4v) is 3.98. The van der Waals surface area contributed by atoms with E-state index in [4.69, 9.17) is 0 Å². The molecule has 3 heterocycles. The standard InChI is InChI=1S/C15H12N6S2/c1-10-7-12-13(22-10)16-9-17-14(12)23-15-18-19-20-21(15)8-11-5-3-2-4-6-11/h2-7,9H,8H2,1H3. The molecule has 4 rings (SSSR count). The van der Waals surface area contributed by atoms with Gasteiger partial charge in [0.1, 0.15) is 16.2 Å². The first-order valence-electron chi connectivity index (χ1n) is 6.99. The van der Waals surface area contributed by atoms with E-state index < -0.39 is 0 Å². The number of thiophene rings is 1. The van der Waals surface area contributed by atoms with Crippen LogP contribution in [0.3, 0.4) is 0 Å². The largest absolute Gasteiger partial charge is 0.229 e. The van der Waals surface area contributed by atoms with Gasteiger partial charge in [0.15, 0.2) is 0 Å². The van der Waals surface area contributed by atoms with Crippen molar-refractivity contribution in [1.29, 1.82) is 0 Å². The molecule has 0 radical (unpaired) electrons. The molecule has 23 heavy (non-hydrogen) atoms. The Kier molecular flexibility index (Phi) is 3.76. The predicted octanol–water partition coefficient (Wildman–Crippen LogP) is 3.19. The van der Waals surface area contributed by atoms with Crippen molar-refractivity contribution >= 4 is 33.3 Å². The monoisotopic (exact) mass is 340 g/mol. The molecule has 0 aliphatic carbocycles. The Labute approximate surface area is 140 Å². The molecule has 0 atom stereocenters. The van der Waals surface area contributed by atoms with Crippen LogP contribution in [-0.2, 0) is 6.54 Å². The molecule has 0 aliphatic heterocycles. The van der Waals surface area contributed by atoms with Gasteiger partial charge in [-0.3, -0.25) is 0 Å². The fraction of sp³-hybridized carbons (Fsp3) is 0.133. The van der Waals surface area contributed by atoms with E-state index in [0.29, 0.717) is 6.54 Å². The highest BCUT2D eigenvalue weighted by Gasteiger charge is 2.13. The summed E-state index contributed by atoms with van der Waals surface area (Å²) in [6, 6.07) is 12.2. The Balaban J connectivity index is 1.65. The summed E-state index contributed by atoms with van der Waals surface area (Å²) in [7, 11) is 0. The summed E-state index contributed by atoms with van der Waals surface area (Å²) in [6.45, 7) is 2.70. The molecule has 0 saturated heterocycles. The summed E-state index contributed by atoms with van der Waals surface area (Å²) in [5.74, 6) is 0. The summed E-state index contributed by atoms with van der Waals surface area (Å²) in [5.41, 5.74) is 1.15. The molecule has 0 N–H and O–H groups in total. The van der Waals surface area contributed by atoms with Gasteiger partial charge in [-0.15, -0.1) is 16.4 Å². The molecule has 0 aliphatic rings. The van der Waals surface area contributed by atoms with Crippen LogP contribution >= 0.6 is 23.1 Å². The molecule has 1 aromatic carbocycles. The van der Waals surface area contributed by atoms with Gasteiger partial charge in [0, 0.05) is 10.3 Å². The van der Waals surface area contributed by atoms with Gasteiger partial charge in [0.2, 0.25) is 5.16 Å². The van der Waals surface area contributed by atoms with E-state index in [1.807, 2.05) is 18.2 Å². The van der Waals surface area contributed by atoms with E-state index in [9.17, 15) is 0 Å². The number of benzene rings is 1. The summed E-state index contributed by atoms with van der Waals surface area (Å²) in [4.78, 5) is 10.9. The van der Waals surface area contributed by atoms with Crippen LogP contribution < -0.4 is 0 Å². The van der Waals surface area contributed by atoms with Crippen molar-refractivity contribution in [1.82, 2.24) is 30.2 Å². The molecular weight excluding hydrogens is 328 g/mol. The molecule has 0 spiro atoms. The first-order valence-corrected chi connectivity index (χ1v) is 8.62. The molecule has 0 unspecified atom stereocenters. The molecule has 4 aromatic rings. The normalized spacial score (nSPS) is 11.2. The third-order valence-electron chi connectivity index (χ3n) is 3.28. The van der Waals surface area contributed by atoms with E-state index in [0.717, 1.165) is 26.0 Å². The van der Waals surface area contributed by atoms with Crippen LogP contribution in [0.1, 0.15) is 10.4 Å². The van der Waals surface area contributed by atoms with E-state index in [2.05, 4.69) is 50.6 Å². The van der Waals surface area contributed by atoms with Gasteiger partial charge >= 0.3 is 0 Å². The van der Waals surface area contributed by atoms with Gasteiger partial charge in [-0.25, -0.2) is 14.6 Å². The zero-order valence-corrected chi connectivity index (χ0v) is 13.9. The first kappa shape index (κ1) is 14.3. The number of hydrogen-bond donors (Lipinski definition) is 0. The van der Waals surface area contributed by atoms with Crippen molar-refractivity contribution in [2.24, 2.45) is 0 Å². The highest BCUT2D eigenvalue weighted by molar-refractivity contribution is 7.99. The van der Waals surface area contributed by atoms with Crippen molar-refractivity contribution in [3.8, 4) is 0 Å². The second-order valence-electron chi connectivity index (χ2n) is 4.96. The molecule has 3 aromatic heterocycles. The van der Waals surface area contributed by atoms with Crippen molar-refractivity contribution in [3.63, 3.8) is 0 Å². The van der Waals surface area contributed by atoms with Gasteiger partial charge in [-0.1, -0.05) is 30.3 Å². The third kappa shape index (κ3) is 2.95. The zero-order valence-electron chi connectivity index (χ0n) is 12.2. The van der Waals surface area contributed by atoms with E-state index in [-0.39, 0.29) is 0 Å². The average molecular weight is 340 g/mol. The van der Waals surface area contributed by atoms with Gasteiger partial charge in [0.05, 0.1) is 6.54 Å². The second-order valence-corrected chi connectivity index (χ2v) is 7.15. The minimum Gasteiger partial charge on any atom is -0.229 e. The molecule has 0 saturated carbocycles. The summed E-state index contributed by atoms with van der Waals surface area (Å²) >= 11 is 3.13. The lowest BCUT2D eigenvalue weighted by Gasteiger charge is -2.04. The van der Waals surface area contributed by atoms with Crippen LogP contribution in [0.4, 0.5) is 0 Å². The van der Waals surface area contributed by atoms with Crippen molar-refractivity contribution in [2.75, 3.05) is 0 Å². The van der Waals surface area contributed by atoms with Crippen LogP contribution in [0.2, 0.25) is 0 Å². The zero-order chi connectivity index (χ0) is 15.6. The van der Waals surface area contributed by atoms with E-state index in [1.165, 1.54) is 16.6 Å². The quantitative estimate of drug-likeness (QED) is 0.531. The minimum atomic E-state index is 0.632. The summed E-state index contributed by atoms with van der Waals surface area (Å²) in [6.07, 6.45) is 1.59. The number of fused-ring (bicyclic) bond motifs is 1. The smallest absolute Gasteiger partial charge is 0.215 e. The van der Waals surface area contributed by atoms with Gasteiger partial charge in [-0.05, 0) is 40.7 Å². The number of aromatic nitrogens is 6. The molecule has 0 bridgehead atoms. The maximum atomic E-state index is 4.39. The topological polar surface area (TPSA) is 69.4 Å². The van der Waals surface area contributed by atoms with Crippen molar-refractivity contribution in [3.05, 3.63) is 53.2 Å². The van der Waals surface area contributed by atoms with Crippen LogP contribution in [0.15, 0.2) is 52.9 Å². The lowest BCUT2D eigenvalue weighted by atomic mass is 10.2. The Hall–Kier alpha value is -2.32. The lowest BCUT2D eigenvalue weighted by Crippen LogP contribution is -2.03. The van der Waals surface area contributed by atoms with Crippen LogP contribution in [0, 0.1) is 6.92 Å². The Morgan fingerprint density at radius 1 is 1.17 bits per heavy atom.